The largest absolute Gasteiger partial charge is 0.497 e. The number of methoxy groups -OCH3 is 1. The van der Waals surface area contributed by atoms with Crippen LogP contribution in [-0.4, -0.2) is 23.8 Å². The normalized spacial score (nSPS) is 14.6. The van der Waals surface area contributed by atoms with E-state index in [4.69, 9.17) is 9.47 Å². The fourth-order valence-electron chi connectivity index (χ4n) is 1.61. The highest BCUT2D eigenvalue weighted by Crippen LogP contribution is 2.26. The monoisotopic (exact) mass is 266 g/mol. The molecule has 0 bridgehead atoms. The number of esters is 1. The Balaban J connectivity index is 2.75. The molecule has 0 saturated carbocycles. The first kappa shape index (κ1) is 15.5. The Bertz CT molecular complexity index is 417. The maximum absolute atomic E-state index is 11.9. The minimum absolute atomic E-state index is 0.407. The van der Waals surface area contributed by atoms with Crippen molar-refractivity contribution in [3.63, 3.8) is 0 Å². The predicted octanol–water partition coefficient (Wildman–Crippen LogP) is 2.71. The molecule has 4 heteroatoms. The number of carbonyl (C=O) groups is 1. The summed E-state index contributed by atoms with van der Waals surface area (Å²) in [4.78, 5) is 11.9. The van der Waals surface area contributed by atoms with Gasteiger partial charge in [-0.1, -0.05) is 12.1 Å². The minimum Gasteiger partial charge on any atom is -0.497 e. The lowest BCUT2D eigenvalue weighted by atomic mass is 9.97. The molecule has 4 nitrogen and oxygen atoms in total. The summed E-state index contributed by atoms with van der Waals surface area (Å²) in [6.45, 7) is 7.06. The summed E-state index contributed by atoms with van der Waals surface area (Å²) in [5.74, 6) is -0.315. The van der Waals surface area contributed by atoms with Gasteiger partial charge in [-0.05, 0) is 45.4 Å². The zero-order chi connectivity index (χ0) is 14.6. The topological polar surface area (TPSA) is 55.8 Å². The number of rotatable bonds is 4. The van der Waals surface area contributed by atoms with Gasteiger partial charge in [0.2, 0.25) is 0 Å². The Kier molecular flexibility index (Phi) is 4.95. The van der Waals surface area contributed by atoms with Gasteiger partial charge in [0.15, 0.2) is 0 Å². The van der Waals surface area contributed by atoms with E-state index in [1.807, 2.05) is 0 Å². The number of aliphatic hydroxyl groups is 1. The van der Waals surface area contributed by atoms with Crippen molar-refractivity contribution in [1.29, 1.82) is 0 Å². The highest BCUT2D eigenvalue weighted by Gasteiger charge is 2.28. The molecule has 0 saturated heterocycles. The molecule has 1 N–H and O–H groups in total. The number of hydrogen-bond donors (Lipinski definition) is 1. The van der Waals surface area contributed by atoms with E-state index in [0.29, 0.717) is 11.3 Å². The van der Waals surface area contributed by atoms with Crippen LogP contribution in [0.5, 0.6) is 5.75 Å². The van der Waals surface area contributed by atoms with Crippen LogP contribution in [0.25, 0.3) is 0 Å². The highest BCUT2D eigenvalue weighted by molar-refractivity contribution is 5.73. The number of hydrogen-bond acceptors (Lipinski definition) is 4. The van der Waals surface area contributed by atoms with E-state index < -0.39 is 23.6 Å². The van der Waals surface area contributed by atoms with Crippen LogP contribution in [0.15, 0.2) is 24.3 Å². The molecule has 19 heavy (non-hydrogen) atoms. The Morgan fingerprint density at radius 3 is 2.16 bits per heavy atom. The van der Waals surface area contributed by atoms with Gasteiger partial charge >= 0.3 is 5.97 Å². The molecule has 0 amide bonds. The molecule has 106 valence electrons. The lowest BCUT2D eigenvalue weighted by molar-refractivity contribution is -0.163. The molecule has 0 aromatic heterocycles. The Hall–Kier alpha value is -1.55. The molecule has 0 heterocycles. The number of benzene rings is 1. The van der Waals surface area contributed by atoms with Crippen LogP contribution in [0.1, 0.15) is 39.4 Å². The molecular weight excluding hydrogens is 244 g/mol. The first-order chi connectivity index (χ1) is 8.74. The number of carbonyl (C=O) groups excluding carboxylic acids is 1. The van der Waals surface area contributed by atoms with E-state index in [1.165, 1.54) is 0 Å². The predicted molar refractivity (Wildman–Crippen MR) is 73.0 cm³/mol. The van der Waals surface area contributed by atoms with Crippen molar-refractivity contribution in [3.05, 3.63) is 29.8 Å². The second-order valence-corrected chi connectivity index (χ2v) is 5.54. The van der Waals surface area contributed by atoms with Crippen LogP contribution in [0.4, 0.5) is 0 Å². The summed E-state index contributed by atoms with van der Waals surface area (Å²) in [7, 11) is 1.58. The van der Waals surface area contributed by atoms with Crippen molar-refractivity contribution < 1.29 is 19.4 Å². The maximum Gasteiger partial charge on any atom is 0.312 e. The second kappa shape index (κ2) is 6.06. The molecular formula is C15H22O4. The van der Waals surface area contributed by atoms with E-state index >= 15 is 0 Å². The number of aliphatic hydroxyl groups excluding tert-OH is 1. The van der Waals surface area contributed by atoms with E-state index in [1.54, 1.807) is 59.1 Å². The van der Waals surface area contributed by atoms with Gasteiger partial charge in [0.05, 0.1) is 19.1 Å². The van der Waals surface area contributed by atoms with Crippen molar-refractivity contribution >= 4 is 5.97 Å². The van der Waals surface area contributed by atoms with E-state index in [-0.39, 0.29) is 0 Å². The fraction of sp³-hybridized carbons (Fsp3) is 0.533. The average Bonchev–Trinajstić information content (AvgIpc) is 2.35. The third-order valence-electron chi connectivity index (χ3n) is 2.71. The molecule has 0 fully saturated rings. The zero-order valence-corrected chi connectivity index (χ0v) is 12.1. The molecule has 1 aromatic rings. The fourth-order valence-corrected chi connectivity index (χ4v) is 1.61. The van der Waals surface area contributed by atoms with E-state index in [0.717, 1.165) is 0 Å². The lowest BCUT2D eigenvalue weighted by Gasteiger charge is -2.24. The number of ether oxygens (including phenoxy) is 2. The van der Waals surface area contributed by atoms with Crippen LogP contribution >= 0.6 is 0 Å². The summed E-state index contributed by atoms with van der Waals surface area (Å²) >= 11 is 0. The molecule has 0 radical (unpaired) electrons. The van der Waals surface area contributed by atoms with Crippen molar-refractivity contribution in [2.24, 2.45) is 5.92 Å². The standard InChI is InChI=1S/C15H22O4/c1-10(14(17)19-15(2,3)4)13(16)11-6-8-12(18-5)9-7-11/h6-10,13,16H,1-5H3/t10-,13-/m0/s1. The van der Waals surface area contributed by atoms with Gasteiger partial charge in [-0.25, -0.2) is 0 Å². The summed E-state index contributed by atoms with van der Waals surface area (Å²) in [5, 5.41) is 10.2. The third kappa shape index (κ3) is 4.56. The van der Waals surface area contributed by atoms with Gasteiger partial charge in [-0.15, -0.1) is 0 Å². The van der Waals surface area contributed by atoms with E-state index in [9.17, 15) is 9.90 Å². The van der Waals surface area contributed by atoms with Crippen LogP contribution in [0.3, 0.4) is 0 Å². The molecule has 0 aliphatic rings. The van der Waals surface area contributed by atoms with E-state index in [2.05, 4.69) is 0 Å². The lowest BCUT2D eigenvalue weighted by Crippen LogP contribution is -2.30. The van der Waals surface area contributed by atoms with Crippen molar-refractivity contribution in [2.45, 2.75) is 39.4 Å². The van der Waals surface area contributed by atoms with Gasteiger partial charge in [0.1, 0.15) is 11.4 Å². The molecule has 0 unspecified atom stereocenters. The van der Waals surface area contributed by atoms with Crippen molar-refractivity contribution in [1.82, 2.24) is 0 Å². The van der Waals surface area contributed by atoms with Crippen LogP contribution in [-0.2, 0) is 9.53 Å². The first-order valence-corrected chi connectivity index (χ1v) is 6.29. The van der Waals surface area contributed by atoms with Crippen molar-refractivity contribution in [3.8, 4) is 5.75 Å². The Labute approximate surface area is 114 Å². The summed E-state index contributed by atoms with van der Waals surface area (Å²) < 4.78 is 10.3. The first-order valence-electron chi connectivity index (χ1n) is 6.29. The van der Waals surface area contributed by atoms with Gasteiger partial charge < -0.3 is 14.6 Å². The zero-order valence-electron chi connectivity index (χ0n) is 12.1. The molecule has 1 rings (SSSR count). The summed E-state index contributed by atoms with van der Waals surface area (Å²) in [6.07, 6.45) is -0.888. The van der Waals surface area contributed by atoms with Crippen molar-refractivity contribution in [2.75, 3.05) is 7.11 Å². The third-order valence-corrected chi connectivity index (χ3v) is 2.71. The second-order valence-electron chi connectivity index (χ2n) is 5.54. The molecule has 0 aliphatic heterocycles. The molecule has 2 atom stereocenters. The van der Waals surface area contributed by atoms with Gasteiger partial charge in [-0.3, -0.25) is 4.79 Å². The van der Waals surface area contributed by atoms with Gasteiger partial charge in [0.25, 0.3) is 0 Å². The average molecular weight is 266 g/mol. The molecule has 0 aliphatic carbocycles. The smallest absolute Gasteiger partial charge is 0.312 e. The van der Waals surface area contributed by atoms with Crippen LogP contribution < -0.4 is 4.74 Å². The van der Waals surface area contributed by atoms with Crippen LogP contribution in [0, 0.1) is 5.92 Å². The summed E-state index contributed by atoms with van der Waals surface area (Å²) in [6, 6.07) is 6.98. The SMILES string of the molecule is COc1ccc([C@@H](O)[C@H](C)C(=O)OC(C)(C)C)cc1. The Morgan fingerprint density at radius 1 is 1.21 bits per heavy atom. The van der Waals surface area contributed by atoms with Crippen LogP contribution in [0.2, 0.25) is 0 Å². The molecule has 0 spiro atoms. The quantitative estimate of drug-likeness (QED) is 0.851. The summed E-state index contributed by atoms with van der Waals surface area (Å²) in [5.41, 5.74) is 0.115. The maximum atomic E-state index is 11.9. The molecule has 1 aromatic carbocycles. The Morgan fingerprint density at radius 2 is 1.74 bits per heavy atom. The minimum atomic E-state index is -0.888. The van der Waals surface area contributed by atoms with Gasteiger partial charge in [-0.2, -0.15) is 0 Å². The highest BCUT2D eigenvalue weighted by atomic mass is 16.6. The van der Waals surface area contributed by atoms with Gasteiger partial charge in [0, 0.05) is 0 Å².